The Balaban J connectivity index is 2.08. The zero-order valence-electron chi connectivity index (χ0n) is 13.8. The SMILES string of the molecule is COC(=O)c1ccc(C2=CCCN(C(=O)OC(C)(C)C)C2)nn1. The molecule has 1 aromatic rings. The smallest absolute Gasteiger partial charge is 0.410 e. The molecule has 0 saturated carbocycles. The Morgan fingerprint density at radius 2 is 1.96 bits per heavy atom. The molecule has 0 bridgehead atoms. The van der Waals surface area contributed by atoms with Gasteiger partial charge >= 0.3 is 12.1 Å². The Morgan fingerprint density at radius 1 is 1.22 bits per heavy atom. The Bertz CT molecular complexity index is 617. The molecule has 0 radical (unpaired) electrons. The number of esters is 1. The molecule has 0 atom stereocenters. The van der Waals surface area contributed by atoms with Gasteiger partial charge in [0.15, 0.2) is 5.69 Å². The van der Waals surface area contributed by atoms with Crippen LogP contribution >= 0.6 is 0 Å². The minimum atomic E-state index is -0.531. The Hall–Kier alpha value is -2.44. The second-order valence-corrected chi connectivity index (χ2v) is 6.22. The van der Waals surface area contributed by atoms with E-state index in [0.717, 1.165) is 12.0 Å². The fourth-order valence-corrected chi connectivity index (χ4v) is 2.13. The maximum atomic E-state index is 12.2. The molecule has 7 nitrogen and oxygen atoms in total. The van der Waals surface area contributed by atoms with Gasteiger partial charge in [0.05, 0.1) is 19.3 Å². The van der Waals surface area contributed by atoms with Crippen molar-refractivity contribution in [2.45, 2.75) is 32.8 Å². The van der Waals surface area contributed by atoms with Gasteiger partial charge in [-0.05, 0) is 44.9 Å². The summed E-state index contributed by atoms with van der Waals surface area (Å²) in [5, 5.41) is 7.90. The highest BCUT2D eigenvalue weighted by Gasteiger charge is 2.25. The first-order chi connectivity index (χ1) is 10.8. The van der Waals surface area contributed by atoms with Crippen LogP contribution in [-0.4, -0.2) is 53.0 Å². The molecular formula is C16H21N3O4. The van der Waals surface area contributed by atoms with Gasteiger partial charge in [0, 0.05) is 6.54 Å². The number of nitrogens with zero attached hydrogens (tertiary/aromatic N) is 3. The molecule has 2 heterocycles. The van der Waals surface area contributed by atoms with Crippen LogP contribution in [0, 0.1) is 0 Å². The lowest BCUT2D eigenvalue weighted by molar-refractivity contribution is 0.0272. The van der Waals surface area contributed by atoms with Crippen LogP contribution in [0.5, 0.6) is 0 Å². The standard InChI is InChI=1S/C16H21N3O4/c1-16(2,3)23-15(21)19-9-5-6-11(10-19)12-7-8-13(18-17-12)14(20)22-4/h6-8H,5,9-10H2,1-4H3. The van der Waals surface area contributed by atoms with Crippen LogP contribution in [0.1, 0.15) is 43.4 Å². The van der Waals surface area contributed by atoms with E-state index in [1.807, 2.05) is 26.8 Å². The van der Waals surface area contributed by atoms with Crippen LogP contribution in [0.15, 0.2) is 18.2 Å². The summed E-state index contributed by atoms with van der Waals surface area (Å²) in [6.45, 7) is 6.51. The molecular weight excluding hydrogens is 298 g/mol. The topological polar surface area (TPSA) is 81.6 Å². The highest BCUT2D eigenvalue weighted by molar-refractivity contribution is 5.87. The number of amides is 1. The molecule has 0 spiro atoms. The zero-order valence-corrected chi connectivity index (χ0v) is 13.8. The fourth-order valence-electron chi connectivity index (χ4n) is 2.13. The van der Waals surface area contributed by atoms with E-state index in [0.29, 0.717) is 18.8 Å². The molecule has 0 unspecified atom stereocenters. The molecule has 0 fully saturated rings. The maximum absolute atomic E-state index is 12.2. The number of hydrogen-bond acceptors (Lipinski definition) is 6. The first kappa shape index (κ1) is 16.9. The van der Waals surface area contributed by atoms with Gasteiger partial charge in [0.25, 0.3) is 0 Å². The van der Waals surface area contributed by atoms with Gasteiger partial charge in [-0.1, -0.05) is 6.08 Å². The molecule has 1 amide bonds. The predicted octanol–water partition coefficient (Wildman–Crippen LogP) is 2.29. The molecule has 124 valence electrons. The minimum absolute atomic E-state index is 0.150. The van der Waals surface area contributed by atoms with Crippen molar-refractivity contribution in [3.8, 4) is 0 Å². The van der Waals surface area contributed by atoms with E-state index in [2.05, 4.69) is 14.9 Å². The Labute approximate surface area is 135 Å². The molecule has 0 aromatic carbocycles. The van der Waals surface area contributed by atoms with Gasteiger partial charge in [-0.15, -0.1) is 10.2 Å². The molecule has 23 heavy (non-hydrogen) atoms. The van der Waals surface area contributed by atoms with Crippen molar-refractivity contribution in [2.75, 3.05) is 20.2 Å². The highest BCUT2D eigenvalue weighted by Crippen LogP contribution is 2.21. The number of rotatable bonds is 2. The van der Waals surface area contributed by atoms with Crippen LogP contribution in [0.3, 0.4) is 0 Å². The Kier molecular flexibility index (Phi) is 4.98. The van der Waals surface area contributed by atoms with Gasteiger partial charge in [0.1, 0.15) is 5.60 Å². The quantitative estimate of drug-likeness (QED) is 0.778. The summed E-state index contributed by atoms with van der Waals surface area (Å²) in [6.07, 6.45) is 2.39. The first-order valence-corrected chi connectivity index (χ1v) is 7.39. The van der Waals surface area contributed by atoms with Crippen LogP contribution in [0.25, 0.3) is 5.57 Å². The van der Waals surface area contributed by atoms with Crippen molar-refractivity contribution in [2.24, 2.45) is 0 Å². The van der Waals surface area contributed by atoms with Gasteiger partial charge in [-0.25, -0.2) is 9.59 Å². The molecule has 1 aliphatic rings. The molecule has 7 heteroatoms. The minimum Gasteiger partial charge on any atom is -0.464 e. The van der Waals surface area contributed by atoms with Crippen molar-refractivity contribution in [1.82, 2.24) is 15.1 Å². The second kappa shape index (κ2) is 6.76. The van der Waals surface area contributed by atoms with Gasteiger partial charge in [-0.2, -0.15) is 0 Å². The van der Waals surface area contributed by atoms with E-state index in [1.165, 1.54) is 7.11 Å². The van der Waals surface area contributed by atoms with Crippen LogP contribution in [0.2, 0.25) is 0 Å². The monoisotopic (exact) mass is 319 g/mol. The third kappa shape index (κ3) is 4.51. The summed E-state index contributed by atoms with van der Waals surface area (Å²) < 4.78 is 9.98. The van der Waals surface area contributed by atoms with Crippen LogP contribution in [0.4, 0.5) is 4.79 Å². The number of methoxy groups -OCH3 is 1. The third-order valence-corrected chi connectivity index (χ3v) is 3.19. The van der Waals surface area contributed by atoms with Gasteiger partial charge in [-0.3, -0.25) is 0 Å². The molecule has 2 rings (SSSR count). The number of carbonyl (C=O) groups is 2. The number of aromatic nitrogens is 2. The first-order valence-electron chi connectivity index (χ1n) is 7.39. The van der Waals surface area contributed by atoms with Crippen molar-refractivity contribution in [3.05, 3.63) is 29.6 Å². The van der Waals surface area contributed by atoms with Crippen molar-refractivity contribution in [3.63, 3.8) is 0 Å². The maximum Gasteiger partial charge on any atom is 0.410 e. The van der Waals surface area contributed by atoms with Crippen molar-refractivity contribution < 1.29 is 19.1 Å². The molecule has 0 saturated heterocycles. The Morgan fingerprint density at radius 3 is 2.52 bits per heavy atom. The summed E-state index contributed by atoms with van der Waals surface area (Å²) in [6, 6.07) is 3.26. The summed E-state index contributed by atoms with van der Waals surface area (Å²) in [5.74, 6) is -0.531. The highest BCUT2D eigenvalue weighted by atomic mass is 16.6. The normalized spacial score (nSPS) is 15.0. The molecule has 1 aliphatic heterocycles. The summed E-state index contributed by atoms with van der Waals surface area (Å²) in [5.41, 5.74) is 1.13. The lowest BCUT2D eigenvalue weighted by Gasteiger charge is -2.30. The summed E-state index contributed by atoms with van der Waals surface area (Å²) in [7, 11) is 1.29. The molecule has 0 aliphatic carbocycles. The van der Waals surface area contributed by atoms with Gasteiger partial charge in [0.2, 0.25) is 0 Å². The number of ether oxygens (including phenoxy) is 2. The second-order valence-electron chi connectivity index (χ2n) is 6.22. The number of hydrogen-bond donors (Lipinski definition) is 0. The van der Waals surface area contributed by atoms with E-state index in [4.69, 9.17) is 4.74 Å². The lowest BCUT2D eigenvalue weighted by atomic mass is 10.1. The zero-order chi connectivity index (χ0) is 17.0. The van der Waals surface area contributed by atoms with E-state index < -0.39 is 11.6 Å². The van der Waals surface area contributed by atoms with Gasteiger partial charge < -0.3 is 14.4 Å². The van der Waals surface area contributed by atoms with Crippen molar-refractivity contribution >= 4 is 17.6 Å². The van der Waals surface area contributed by atoms with E-state index >= 15 is 0 Å². The van der Waals surface area contributed by atoms with Crippen LogP contribution in [-0.2, 0) is 9.47 Å². The fraction of sp³-hybridized carbons (Fsp3) is 0.500. The van der Waals surface area contributed by atoms with E-state index in [1.54, 1.807) is 17.0 Å². The van der Waals surface area contributed by atoms with E-state index in [-0.39, 0.29) is 11.8 Å². The largest absolute Gasteiger partial charge is 0.464 e. The third-order valence-electron chi connectivity index (χ3n) is 3.19. The molecule has 1 aromatic heterocycles. The lowest BCUT2D eigenvalue weighted by Crippen LogP contribution is -2.39. The average molecular weight is 319 g/mol. The van der Waals surface area contributed by atoms with E-state index in [9.17, 15) is 9.59 Å². The molecule has 0 N–H and O–H groups in total. The van der Waals surface area contributed by atoms with Crippen LogP contribution < -0.4 is 0 Å². The summed E-state index contributed by atoms with van der Waals surface area (Å²) in [4.78, 5) is 25.2. The predicted molar refractivity (Wildman–Crippen MR) is 83.8 cm³/mol. The average Bonchev–Trinajstić information content (AvgIpc) is 2.53. The van der Waals surface area contributed by atoms with Crippen molar-refractivity contribution in [1.29, 1.82) is 0 Å². The summed E-state index contributed by atoms with van der Waals surface area (Å²) >= 11 is 0. The number of carbonyl (C=O) groups excluding carboxylic acids is 2.